The van der Waals surface area contributed by atoms with Crippen molar-refractivity contribution in [2.75, 3.05) is 72.7 Å². The Hall–Kier alpha value is 0.470. The van der Waals surface area contributed by atoms with Crippen molar-refractivity contribution in [2.24, 2.45) is 16.2 Å². The fourth-order valence-electron chi connectivity index (χ4n) is 6.73. The predicted molar refractivity (Wildman–Crippen MR) is 224 cm³/mol. The Morgan fingerprint density at radius 2 is 1.10 bits per heavy atom. The average Bonchev–Trinajstić information content (AvgIpc) is 3.02. The number of aliphatic hydroxyl groups is 3. The Bertz CT molecular complexity index is 1620. The number of benzene rings is 3. The van der Waals surface area contributed by atoms with Gasteiger partial charge in [0.1, 0.15) is 37.1 Å². The zero-order chi connectivity index (χ0) is 34.8. The Morgan fingerprint density at radius 1 is 0.653 bits per heavy atom. The first-order valence-corrected chi connectivity index (χ1v) is 21.1. The normalized spacial score (nSPS) is 23.2. The van der Waals surface area contributed by atoms with E-state index in [9.17, 15) is 15.3 Å². The van der Waals surface area contributed by atoms with E-state index in [1.807, 2.05) is 0 Å². The van der Waals surface area contributed by atoms with E-state index in [2.05, 4.69) is 156 Å². The highest BCUT2D eigenvalue weighted by Gasteiger charge is 2.54. The van der Waals surface area contributed by atoms with E-state index in [4.69, 9.17) is 28.4 Å². The van der Waals surface area contributed by atoms with Gasteiger partial charge < -0.3 is 43.7 Å². The van der Waals surface area contributed by atoms with Crippen LogP contribution in [0.1, 0.15) is 35.3 Å². The first kappa shape index (κ1) is 37.8. The molecule has 3 fully saturated rings. The van der Waals surface area contributed by atoms with E-state index in [0.717, 1.165) is 57.4 Å². The zero-order valence-electron chi connectivity index (χ0n) is 26.5. The van der Waals surface area contributed by atoms with Gasteiger partial charge in [0.05, 0.1) is 93.1 Å². The Kier molecular flexibility index (Phi) is 11.3. The van der Waals surface area contributed by atoms with Gasteiger partial charge in [-0.25, -0.2) is 0 Å². The minimum atomic E-state index is -0.642. The Balaban J connectivity index is 1.33. The third kappa shape index (κ3) is 6.65. The summed E-state index contributed by atoms with van der Waals surface area (Å²) in [5.41, 5.74) is 2.38. The summed E-state index contributed by atoms with van der Waals surface area (Å²) < 4.78 is 40.8. The van der Waals surface area contributed by atoms with Crippen molar-refractivity contribution in [1.29, 1.82) is 0 Å². The minimum Gasteiger partial charge on any atom is -0.491 e. The van der Waals surface area contributed by atoms with Crippen molar-refractivity contribution in [2.45, 2.75) is 18.4 Å². The Morgan fingerprint density at radius 3 is 1.47 bits per heavy atom. The van der Waals surface area contributed by atoms with Crippen LogP contribution in [0.3, 0.4) is 0 Å². The highest BCUT2D eigenvalue weighted by atomic mass is 127. The highest BCUT2D eigenvalue weighted by Crippen LogP contribution is 2.55. The van der Waals surface area contributed by atoms with E-state index in [-0.39, 0.29) is 36.8 Å². The molecule has 3 aromatic carbocycles. The average molecular weight is 1230 g/mol. The molecule has 0 bridgehead atoms. The van der Waals surface area contributed by atoms with Crippen LogP contribution in [0.2, 0.25) is 0 Å². The summed E-state index contributed by atoms with van der Waals surface area (Å²) in [6.45, 7) is 5.89. The van der Waals surface area contributed by atoms with Crippen LogP contribution in [0.15, 0.2) is 36.4 Å². The van der Waals surface area contributed by atoms with Gasteiger partial charge in [-0.2, -0.15) is 0 Å². The van der Waals surface area contributed by atoms with Crippen molar-refractivity contribution in [3.63, 3.8) is 0 Å². The van der Waals surface area contributed by atoms with E-state index in [1.165, 1.54) is 0 Å². The summed E-state index contributed by atoms with van der Waals surface area (Å²) in [5, 5.41) is 30.3. The minimum absolute atomic E-state index is 0.00172. The molecule has 14 heteroatoms. The second-order valence-corrected chi connectivity index (χ2v) is 19.7. The molecule has 264 valence electrons. The van der Waals surface area contributed by atoms with Crippen molar-refractivity contribution < 1.29 is 43.7 Å². The van der Waals surface area contributed by atoms with Crippen LogP contribution in [0.25, 0.3) is 0 Å². The molecule has 0 aliphatic carbocycles. The maximum atomic E-state index is 10.4. The number of rotatable bonds is 12. The topological polar surface area (TPSA) is 116 Å². The van der Waals surface area contributed by atoms with Crippen molar-refractivity contribution in [3.05, 3.63) is 76.5 Å². The van der Waals surface area contributed by atoms with Gasteiger partial charge >= 0.3 is 0 Å². The molecule has 7 rings (SSSR count). The molecule has 2 unspecified atom stereocenters. The van der Waals surface area contributed by atoms with Gasteiger partial charge in [-0.3, -0.25) is 0 Å². The van der Waals surface area contributed by atoms with E-state index >= 15 is 0 Å². The summed E-state index contributed by atoms with van der Waals surface area (Å²) >= 11 is 11.8. The standard InChI is InChI=1S/C35H35I5O9/c1-32(19-2-22-28(23(36)3-19)48-17-35(10-43)18-49-31(22)35,20-4-24(37)29(25(38)5-20)46-15-33(8-41)11-44-12-33)21-6-26(39)30(27(40)7-21)47-16-34(9-42)13-45-14-34/h2-7,31,41-43H,8-18H2,1H3. The largest absolute Gasteiger partial charge is 0.491 e. The lowest BCUT2D eigenvalue weighted by atomic mass is 9.69. The number of aliphatic hydroxyl groups excluding tert-OH is 3. The quantitative estimate of drug-likeness (QED) is 0.143. The van der Waals surface area contributed by atoms with Crippen molar-refractivity contribution in [1.82, 2.24) is 0 Å². The molecule has 0 spiro atoms. The summed E-state index contributed by atoms with van der Waals surface area (Å²) in [7, 11) is 0. The summed E-state index contributed by atoms with van der Waals surface area (Å²) in [5.74, 6) is 2.40. The van der Waals surface area contributed by atoms with Gasteiger partial charge in [-0.05, 0) is 173 Å². The third-order valence-corrected chi connectivity index (χ3v) is 14.4. The van der Waals surface area contributed by atoms with Gasteiger partial charge in [0.25, 0.3) is 0 Å². The molecule has 4 heterocycles. The molecule has 4 aliphatic heterocycles. The van der Waals surface area contributed by atoms with Gasteiger partial charge in [0, 0.05) is 11.0 Å². The second-order valence-electron chi connectivity index (χ2n) is 13.9. The zero-order valence-corrected chi connectivity index (χ0v) is 37.3. The number of fused-ring (bicyclic) bond motifs is 3. The molecule has 4 aliphatic rings. The lowest BCUT2D eigenvalue weighted by Crippen LogP contribution is -2.54. The van der Waals surface area contributed by atoms with E-state index in [1.54, 1.807) is 0 Å². The first-order chi connectivity index (χ1) is 23.4. The van der Waals surface area contributed by atoms with Crippen LogP contribution in [-0.2, 0) is 19.6 Å². The second kappa shape index (κ2) is 14.6. The summed E-state index contributed by atoms with van der Waals surface area (Å²) in [6, 6.07) is 13.1. The van der Waals surface area contributed by atoms with Gasteiger partial charge in [0.2, 0.25) is 0 Å². The molecule has 3 N–H and O–H groups in total. The van der Waals surface area contributed by atoms with Crippen LogP contribution in [-0.4, -0.2) is 88.0 Å². The number of hydrogen-bond acceptors (Lipinski definition) is 9. The first-order valence-electron chi connectivity index (χ1n) is 15.7. The molecular weight excluding hydrogens is 1200 g/mol. The van der Waals surface area contributed by atoms with Crippen LogP contribution in [0, 0.1) is 34.1 Å². The van der Waals surface area contributed by atoms with Gasteiger partial charge in [-0.15, -0.1) is 0 Å². The van der Waals surface area contributed by atoms with Gasteiger partial charge in [-0.1, -0.05) is 0 Å². The van der Waals surface area contributed by atoms with Crippen molar-refractivity contribution >= 4 is 113 Å². The molecule has 0 aromatic heterocycles. The SMILES string of the molecule is CC(c1cc(I)c(OCC2(CO)COC2)c(I)c1)(c1cc(I)c(OCC2(CO)COC2)c(I)c1)c1cc(I)c2c(c1)C1OCC1(CO)CO2. The fourth-order valence-corrected chi connectivity index (χ4v) is 11.7. The summed E-state index contributed by atoms with van der Waals surface area (Å²) in [6.07, 6.45) is -0.241. The maximum Gasteiger partial charge on any atom is 0.145 e. The van der Waals surface area contributed by atoms with Crippen LogP contribution < -0.4 is 14.2 Å². The highest BCUT2D eigenvalue weighted by molar-refractivity contribution is 14.1. The molecule has 3 aromatic rings. The van der Waals surface area contributed by atoms with E-state index < -0.39 is 10.8 Å². The molecular formula is C35H35I5O9. The lowest BCUT2D eigenvalue weighted by molar-refractivity contribution is -0.231. The molecule has 49 heavy (non-hydrogen) atoms. The number of hydrogen-bond donors (Lipinski definition) is 3. The lowest BCUT2D eigenvalue weighted by Gasteiger charge is -2.51. The molecule has 3 saturated heterocycles. The maximum absolute atomic E-state index is 10.4. The van der Waals surface area contributed by atoms with Crippen LogP contribution >= 0.6 is 113 Å². The van der Waals surface area contributed by atoms with Crippen LogP contribution in [0.4, 0.5) is 0 Å². The molecule has 0 radical (unpaired) electrons. The summed E-state index contributed by atoms with van der Waals surface area (Å²) in [4.78, 5) is 0. The predicted octanol–water partition coefficient (Wildman–Crippen LogP) is 6.28. The van der Waals surface area contributed by atoms with Crippen molar-refractivity contribution in [3.8, 4) is 17.2 Å². The van der Waals surface area contributed by atoms with E-state index in [0.29, 0.717) is 52.9 Å². The smallest absolute Gasteiger partial charge is 0.145 e. The fraction of sp³-hybridized carbons (Fsp3) is 0.486. The van der Waals surface area contributed by atoms with Gasteiger partial charge in [0.15, 0.2) is 0 Å². The molecule has 0 saturated carbocycles. The number of halogens is 5. The monoisotopic (exact) mass is 1230 g/mol. The molecule has 9 nitrogen and oxygen atoms in total. The number of ether oxygens (including phenoxy) is 6. The molecule has 0 amide bonds. The Labute approximate surface area is 353 Å². The third-order valence-electron chi connectivity index (χ3n) is 10.3. The molecule has 2 atom stereocenters. The van der Waals surface area contributed by atoms with Crippen LogP contribution in [0.5, 0.6) is 17.2 Å².